The van der Waals surface area contributed by atoms with Crippen molar-refractivity contribution in [1.82, 2.24) is 9.55 Å². The number of fused-ring (bicyclic) bond motifs is 1. The summed E-state index contributed by atoms with van der Waals surface area (Å²) in [6, 6.07) is 8.79. The molecule has 2 aromatic heterocycles. The lowest BCUT2D eigenvalue weighted by molar-refractivity contribution is 0.538. The van der Waals surface area contributed by atoms with Crippen molar-refractivity contribution < 1.29 is 0 Å². The lowest BCUT2D eigenvalue weighted by atomic mass is 10.1. The van der Waals surface area contributed by atoms with E-state index in [9.17, 15) is 0 Å². The number of hydrogen-bond acceptors (Lipinski definition) is 2. The molecule has 0 saturated carbocycles. The fourth-order valence-electron chi connectivity index (χ4n) is 2.71. The van der Waals surface area contributed by atoms with Crippen molar-refractivity contribution in [2.24, 2.45) is 0 Å². The fourth-order valence-corrected chi connectivity index (χ4v) is 3.91. The van der Waals surface area contributed by atoms with Gasteiger partial charge in [-0.05, 0) is 53.9 Å². The Bertz CT molecular complexity index is 736. The highest BCUT2D eigenvalue weighted by molar-refractivity contribution is 9.10. The predicted molar refractivity (Wildman–Crippen MR) is 94.6 cm³/mol. The number of nitrogens with zero attached hydrogens (tertiary/aromatic N) is 2. The zero-order valence-corrected chi connectivity index (χ0v) is 14.9. The molecule has 0 aliphatic rings. The maximum absolute atomic E-state index is 5.95. The lowest BCUT2D eigenvalue weighted by Crippen LogP contribution is -2.12. The van der Waals surface area contributed by atoms with Crippen molar-refractivity contribution in [2.75, 3.05) is 5.88 Å². The molecule has 2 nitrogen and oxygen atoms in total. The van der Waals surface area contributed by atoms with Crippen molar-refractivity contribution in [3.63, 3.8) is 0 Å². The molecule has 0 saturated heterocycles. The van der Waals surface area contributed by atoms with Gasteiger partial charge in [-0.2, -0.15) is 11.3 Å². The molecular weight excluding hydrogens is 368 g/mol. The summed E-state index contributed by atoms with van der Waals surface area (Å²) < 4.78 is 3.41. The average Bonchev–Trinajstić information content (AvgIpc) is 3.06. The van der Waals surface area contributed by atoms with Crippen LogP contribution in [-0.2, 0) is 12.8 Å². The van der Waals surface area contributed by atoms with Crippen LogP contribution in [0.5, 0.6) is 0 Å². The van der Waals surface area contributed by atoms with E-state index in [-0.39, 0.29) is 0 Å². The van der Waals surface area contributed by atoms with Gasteiger partial charge in [0.05, 0.1) is 11.0 Å². The fraction of sp³-hybridized carbons (Fsp3) is 0.312. The third-order valence-corrected chi connectivity index (χ3v) is 5.01. The SMILES string of the molecule is CC(Cc1ccsc1)n1c(CCCl)nc2ccc(Br)cc21. The number of benzene rings is 1. The maximum atomic E-state index is 5.95. The maximum Gasteiger partial charge on any atom is 0.111 e. The second kappa shape index (κ2) is 6.51. The third-order valence-electron chi connectivity index (χ3n) is 3.59. The van der Waals surface area contributed by atoms with E-state index in [0.717, 1.165) is 28.7 Å². The van der Waals surface area contributed by atoms with Crippen LogP contribution in [-0.4, -0.2) is 15.4 Å². The normalized spacial score (nSPS) is 12.9. The standard InChI is InChI=1S/C16H16BrClN2S/c1-11(8-12-5-7-21-10-12)20-15-9-13(17)2-3-14(15)19-16(20)4-6-18/h2-3,5,7,9-11H,4,6,8H2,1H3. The first-order valence-corrected chi connectivity index (χ1v) is 9.19. The summed E-state index contributed by atoms with van der Waals surface area (Å²) in [7, 11) is 0. The molecule has 3 rings (SSSR count). The van der Waals surface area contributed by atoms with E-state index in [1.54, 1.807) is 11.3 Å². The average molecular weight is 384 g/mol. The van der Waals surface area contributed by atoms with Crippen LogP contribution in [0.4, 0.5) is 0 Å². The minimum atomic E-state index is 0.358. The van der Waals surface area contributed by atoms with E-state index >= 15 is 0 Å². The molecule has 0 aliphatic carbocycles. The molecule has 0 amide bonds. The number of hydrogen-bond donors (Lipinski definition) is 0. The lowest BCUT2D eigenvalue weighted by Gasteiger charge is -2.17. The zero-order valence-electron chi connectivity index (χ0n) is 11.7. The molecule has 0 fully saturated rings. The van der Waals surface area contributed by atoms with Crippen molar-refractivity contribution >= 4 is 49.9 Å². The van der Waals surface area contributed by atoms with Crippen molar-refractivity contribution in [3.05, 3.63) is 50.9 Å². The van der Waals surface area contributed by atoms with E-state index < -0.39 is 0 Å². The van der Waals surface area contributed by atoms with Crippen LogP contribution in [0.1, 0.15) is 24.4 Å². The van der Waals surface area contributed by atoms with E-state index in [1.807, 2.05) is 6.07 Å². The van der Waals surface area contributed by atoms with Gasteiger partial charge in [-0.15, -0.1) is 11.6 Å². The molecule has 0 radical (unpaired) electrons. The number of rotatable bonds is 5. The summed E-state index contributed by atoms with van der Waals surface area (Å²) in [5, 5.41) is 4.34. The number of alkyl halides is 1. The quantitative estimate of drug-likeness (QED) is 0.536. The first-order chi connectivity index (χ1) is 10.2. The molecule has 1 aromatic carbocycles. The molecular formula is C16H16BrClN2S. The van der Waals surface area contributed by atoms with Gasteiger partial charge in [0, 0.05) is 22.8 Å². The highest BCUT2D eigenvalue weighted by Crippen LogP contribution is 2.27. The summed E-state index contributed by atoms with van der Waals surface area (Å²) in [6.07, 6.45) is 1.80. The van der Waals surface area contributed by atoms with Gasteiger partial charge in [0.1, 0.15) is 5.82 Å². The van der Waals surface area contributed by atoms with Crippen molar-refractivity contribution in [3.8, 4) is 0 Å². The van der Waals surface area contributed by atoms with Gasteiger partial charge in [0.2, 0.25) is 0 Å². The molecule has 0 spiro atoms. The Morgan fingerprint density at radius 2 is 2.24 bits per heavy atom. The topological polar surface area (TPSA) is 17.8 Å². The molecule has 1 atom stereocenters. The minimum Gasteiger partial charge on any atom is -0.325 e. The zero-order chi connectivity index (χ0) is 14.8. The number of aryl methyl sites for hydroxylation is 1. The monoisotopic (exact) mass is 382 g/mol. The van der Waals surface area contributed by atoms with Gasteiger partial charge in [-0.3, -0.25) is 0 Å². The molecule has 21 heavy (non-hydrogen) atoms. The highest BCUT2D eigenvalue weighted by atomic mass is 79.9. The third kappa shape index (κ3) is 3.17. The van der Waals surface area contributed by atoms with Crippen LogP contribution >= 0.6 is 38.9 Å². The van der Waals surface area contributed by atoms with Crippen LogP contribution in [0.15, 0.2) is 39.5 Å². The molecule has 3 aromatic rings. The second-order valence-electron chi connectivity index (χ2n) is 5.15. The smallest absolute Gasteiger partial charge is 0.111 e. The van der Waals surface area contributed by atoms with E-state index in [1.165, 1.54) is 11.1 Å². The van der Waals surface area contributed by atoms with Crippen molar-refractivity contribution in [2.45, 2.75) is 25.8 Å². The van der Waals surface area contributed by atoms with Gasteiger partial charge >= 0.3 is 0 Å². The molecule has 5 heteroatoms. The van der Waals surface area contributed by atoms with Crippen LogP contribution in [0, 0.1) is 0 Å². The summed E-state index contributed by atoms with van der Waals surface area (Å²) >= 11 is 11.3. The molecule has 2 heterocycles. The summed E-state index contributed by atoms with van der Waals surface area (Å²) in [5.74, 6) is 1.66. The number of thiophene rings is 1. The first kappa shape index (κ1) is 15.1. The largest absolute Gasteiger partial charge is 0.325 e. The van der Waals surface area contributed by atoms with Gasteiger partial charge < -0.3 is 4.57 Å². The summed E-state index contributed by atoms with van der Waals surface area (Å²) in [6.45, 7) is 2.25. The predicted octanol–water partition coefficient (Wildman–Crippen LogP) is 5.45. The summed E-state index contributed by atoms with van der Waals surface area (Å²) in [4.78, 5) is 4.75. The molecule has 0 N–H and O–H groups in total. The Hall–Kier alpha value is -0.840. The summed E-state index contributed by atoms with van der Waals surface area (Å²) in [5.41, 5.74) is 3.59. The van der Waals surface area contributed by atoms with E-state index in [2.05, 4.69) is 56.4 Å². The van der Waals surface area contributed by atoms with E-state index in [0.29, 0.717) is 11.9 Å². The molecule has 0 bridgehead atoms. The van der Waals surface area contributed by atoms with E-state index in [4.69, 9.17) is 16.6 Å². The molecule has 1 unspecified atom stereocenters. The van der Waals surface area contributed by atoms with Crippen LogP contribution < -0.4 is 0 Å². The number of halogens is 2. The molecule has 110 valence electrons. The number of imidazole rings is 1. The minimum absolute atomic E-state index is 0.358. The Morgan fingerprint density at radius 3 is 2.95 bits per heavy atom. The van der Waals surface area contributed by atoms with Crippen LogP contribution in [0.3, 0.4) is 0 Å². The van der Waals surface area contributed by atoms with Gasteiger partial charge in [0.15, 0.2) is 0 Å². The first-order valence-electron chi connectivity index (χ1n) is 6.92. The Balaban J connectivity index is 2.05. The Labute approximate surface area is 141 Å². The highest BCUT2D eigenvalue weighted by Gasteiger charge is 2.16. The van der Waals surface area contributed by atoms with Crippen molar-refractivity contribution in [1.29, 1.82) is 0 Å². The number of aromatic nitrogens is 2. The Kier molecular flexibility index (Phi) is 4.67. The van der Waals surface area contributed by atoms with Crippen LogP contribution in [0.25, 0.3) is 11.0 Å². The van der Waals surface area contributed by atoms with Crippen LogP contribution in [0.2, 0.25) is 0 Å². The Morgan fingerprint density at radius 1 is 1.38 bits per heavy atom. The second-order valence-corrected chi connectivity index (χ2v) is 7.23. The van der Waals surface area contributed by atoms with Gasteiger partial charge in [0.25, 0.3) is 0 Å². The molecule has 0 aliphatic heterocycles. The van der Waals surface area contributed by atoms with Gasteiger partial charge in [-0.1, -0.05) is 15.9 Å². The van der Waals surface area contributed by atoms with Gasteiger partial charge in [-0.25, -0.2) is 4.98 Å².